The van der Waals surface area contributed by atoms with Gasteiger partial charge < -0.3 is 33.8 Å². The molecule has 0 rings (SSSR count). The zero-order chi connectivity index (χ0) is 68.2. The van der Waals surface area contributed by atoms with E-state index in [-0.39, 0.29) is 25.7 Å². The molecule has 0 aliphatic carbocycles. The van der Waals surface area contributed by atoms with Crippen molar-refractivity contribution in [1.29, 1.82) is 0 Å². The van der Waals surface area contributed by atoms with E-state index < -0.39 is 97.5 Å². The summed E-state index contributed by atoms with van der Waals surface area (Å²) in [6, 6.07) is 0. The van der Waals surface area contributed by atoms with Crippen molar-refractivity contribution in [3.8, 4) is 0 Å². The minimum Gasteiger partial charge on any atom is -0.462 e. The van der Waals surface area contributed by atoms with Gasteiger partial charge in [-0.1, -0.05) is 312 Å². The Bertz CT molecular complexity index is 1820. The van der Waals surface area contributed by atoms with Gasteiger partial charge in [-0.05, 0) is 49.4 Å². The number of aliphatic hydroxyl groups excluding tert-OH is 1. The number of hydrogen-bond donors (Lipinski definition) is 3. The van der Waals surface area contributed by atoms with Gasteiger partial charge in [0.25, 0.3) is 0 Å². The first kappa shape index (κ1) is 90.1. The van der Waals surface area contributed by atoms with Gasteiger partial charge in [-0.3, -0.25) is 37.3 Å². The SMILES string of the molecule is CCC(C)CCCCCCCCCCCCC(=O)O[C@H](COC(=O)CCCCCCCCCC(C)C)COP(=O)(O)OCC(O)COP(=O)(O)OC[C@@H](COC(=O)CCCCCCCCC(C)CC)OC(=O)CCCCCCCCCCCCCCCCCC(C)C. The van der Waals surface area contributed by atoms with Gasteiger partial charge in [-0.15, -0.1) is 0 Å². The maximum Gasteiger partial charge on any atom is 0.472 e. The first-order valence-corrected chi connectivity index (χ1v) is 40.8. The van der Waals surface area contributed by atoms with Gasteiger partial charge in [0, 0.05) is 25.7 Å². The van der Waals surface area contributed by atoms with Crippen LogP contribution in [0.3, 0.4) is 0 Å². The van der Waals surface area contributed by atoms with Gasteiger partial charge in [-0.25, -0.2) is 9.13 Å². The van der Waals surface area contributed by atoms with E-state index in [1.165, 1.54) is 154 Å². The lowest BCUT2D eigenvalue weighted by molar-refractivity contribution is -0.161. The van der Waals surface area contributed by atoms with Crippen molar-refractivity contribution >= 4 is 39.5 Å². The van der Waals surface area contributed by atoms with E-state index >= 15 is 0 Å². The fourth-order valence-electron chi connectivity index (χ4n) is 11.0. The van der Waals surface area contributed by atoms with Crippen LogP contribution in [0.25, 0.3) is 0 Å². The molecule has 7 atom stereocenters. The van der Waals surface area contributed by atoms with E-state index in [1.54, 1.807) is 0 Å². The molecule has 0 fully saturated rings. The molecule has 92 heavy (non-hydrogen) atoms. The van der Waals surface area contributed by atoms with Crippen molar-refractivity contribution in [3.63, 3.8) is 0 Å². The van der Waals surface area contributed by atoms with Crippen molar-refractivity contribution in [2.75, 3.05) is 39.6 Å². The second kappa shape index (κ2) is 62.6. The summed E-state index contributed by atoms with van der Waals surface area (Å²) in [5, 5.41) is 10.6. The number of phosphoric ester groups is 2. The van der Waals surface area contributed by atoms with Crippen molar-refractivity contribution in [1.82, 2.24) is 0 Å². The van der Waals surface area contributed by atoms with E-state index in [4.69, 9.17) is 37.0 Å². The van der Waals surface area contributed by atoms with Crippen molar-refractivity contribution in [2.45, 2.75) is 382 Å². The lowest BCUT2D eigenvalue weighted by Crippen LogP contribution is -2.30. The minimum atomic E-state index is -4.95. The summed E-state index contributed by atoms with van der Waals surface area (Å²) in [5.74, 6) is 0.914. The molecular formula is C73H142O17P2. The molecule has 0 bridgehead atoms. The fraction of sp³-hybridized carbons (Fsp3) is 0.945. The Morgan fingerprint density at radius 1 is 0.304 bits per heavy atom. The zero-order valence-electron chi connectivity index (χ0n) is 60.2. The van der Waals surface area contributed by atoms with Crippen LogP contribution in [-0.4, -0.2) is 96.7 Å². The molecule has 0 aromatic heterocycles. The van der Waals surface area contributed by atoms with Crippen LogP contribution in [0.15, 0.2) is 0 Å². The second-order valence-electron chi connectivity index (χ2n) is 27.8. The highest BCUT2D eigenvalue weighted by molar-refractivity contribution is 7.47. The molecule has 19 heteroatoms. The number of carbonyl (C=O) groups excluding carboxylic acids is 4. The summed E-state index contributed by atoms with van der Waals surface area (Å²) >= 11 is 0. The average molecular weight is 1350 g/mol. The highest BCUT2D eigenvalue weighted by Crippen LogP contribution is 2.45. The van der Waals surface area contributed by atoms with Gasteiger partial charge >= 0.3 is 39.5 Å². The standard InChI is InChI=1S/C73H142O17P2/c1-9-65(7)51-43-35-27-21-18-19-23-29-40-48-56-73(78)89-68(59-83-70(75)53-45-37-30-24-26-34-42-50-64(5)6)61-87-91(79,80)85-57-67(74)58-86-92(81,82)88-62-69(60-84-71(76)54-46-38-32-31-36-44-52-66(8)10-2)90-72(77)55-47-39-28-22-17-15-13-11-12-14-16-20-25-33-41-49-63(3)4/h63-69,74H,9-62H2,1-8H3,(H,79,80)(H,81,82)/t65?,66?,67?,68-,69-/m1/s1. The van der Waals surface area contributed by atoms with Crippen molar-refractivity contribution in [2.24, 2.45) is 23.7 Å². The van der Waals surface area contributed by atoms with Crippen LogP contribution in [0, 0.1) is 23.7 Å². The third-order valence-corrected chi connectivity index (χ3v) is 19.4. The highest BCUT2D eigenvalue weighted by Gasteiger charge is 2.30. The maximum atomic E-state index is 13.0. The van der Waals surface area contributed by atoms with Crippen LogP contribution in [0.5, 0.6) is 0 Å². The van der Waals surface area contributed by atoms with Gasteiger partial charge in [0.15, 0.2) is 12.2 Å². The van der Waals surface area contributed by atoms with Gasteiger partial charge in [-0.2, -0.15) is 0 Å². The Morgan fingerprint density at radius 3 is 0.772 bits per heavy atom. The summed E-state index contributed by atoms with van der Waals surface area (Å²) < 4.78 is 68.4. The Labute approximate surface area is 562 Å². The smallest absolute Gasteiger partial charge is 0.462 e. The number of ether oxygens (including phenoxy) is 4. The Morgan fingerprint density at radius 2 is 0.522 bits per heavy atom. The number of rotatable bonds is 70. The number of hydrogen-bond acceptors (Lipinski definition) is 15. The largest absolute Gasteiger partial charge is 0.472 e. The van der Waals surface area contributed by atoms with E-state index in [9.17, 15) is 43.2 Å². The first-order chi connectivity index (χ1) is 44.2. The van der Waals surface area contributed by atoms with Crippen LogP contribution in [0.1, 0.15) is 364 Å². The normalized spacial score (nSPS) is 14.8. The monoisotopic (exact) mass is 1350 g/mol. The van der Waals surface area contributed by atoms with Gasteiger partial charge in [0.05, 0.1) is 26.4 Å². The third kappa shape index (κ3) is 64.1. The second-order valence-corrected chi connectivity index (χ2v) is 30.7. The molecule has 0 aromatic carbocycles. The molecule has 0 spiro atoms. The molecule has 0 saturated heterocycles. The predicted molar refractivity (Wildman–Crippen MR) is 372 cm³/mol. The molecule has 0 aromatic rings. The molecular weight excluding hydrogens is 1210 g/mol. The van der Waals surface area contributed by atoms with Crippen LogP contribution < -0.4 is 0 Å². The Hall–Kier alpha value is -1.94. The fourth-order valence-corrected chi connectivity index (χ4v) is 12.5. The summed E-state index contributed by atoms with van der Waals surface area (Å²) in [4.78, 5) is 72.6. The van der Waals surface area contributed by atoms with Gasteiger partial charge in [0.1, 0.15) is 19.3 Å². The van der Waals surface area contributed by atoms with E-state index in [0.29, 0.717) is 31.6 Å². The Kier molecular flexibility index (Phi) is 61.3. The third-order valence-electron chi connectivity index (χ3n) is 17.5. The molecule has 0 aliphatic rings. The molecule has 17 nitrogen and oxygen atoms in total. The number of aliphatic hydroxyl groups is 1. The predicted octanol–water partition coefficient (Wildman–Crippen LogP) is 20.9. The lowest BCUT2D eigenvalue weighted by Gasteiger charge is -2.21. The molecule has 0 aliphatic heterocycles. The maximum absolute atomic E-state index is 13.0. The summed E-state index contributed by atoms with van der Waals surface area (Å²) in [7, 11) is -9.91. The van der Waals surface area contributed by atoms with Gasteiger partial charge in [0.2, 0.25) is 0 Å². The topological polar surface area (TPSA) is 237 Å². The summed E-state index contributed by atoms with van der Waals surface area (Å²) in [5.41, 5.74) is 0. The number of unbranched alkanes of at least 4 members (excludes halogenated alkanes) is 34. The summed E-state index contributed by atoms with van der Waals surface area (Å²) in [6.45, 7) is 14.1. The van der Waals surface area contributed by atoms with E-state index in [2.05, 4.69) is 55.4 Å². The average Bonchev–Trinajstić information content (AvgIpc) is 2.38. The molecule has 0 saturated carbocycles. The van der Waals surface area contributed by atoms with Crippen molar-refractivity contribution < 1.29 is 80.2 Å². The van der Waals surface area contributed by atoms with Crippen LogP contribution in [0.4, 0.5) is 0 Å². The zero-order valence-corrected chi connectivity index (χ0v) is 62.0. The minimum absolute atomic E-state index is 0.105. The van der Waals surface area contributed by atoms with Crippen LogP contribution in [0.2, 0.25) is 0 Å². The molecule has 5 unspecified atom stereocenters. The molecule has 3 N–H and O–H groups in total. The van der Waals surface area contributed by atoms with E-state index in [1.807, 2.05) is 0 Å². The first-order valence-electron chi connectivity index (χ1n) is 37.8. The van der Waals surface area contributed by atoms with Crippen LogP contribution >= 0.6 is 15.6 Å². The van der Waals surface area contributed by atoms with Crippen molar-refractivity contribution in [3.05, 3.63) is 0 Å². The molecule has 0 amide bonds. The number of esters is 4. The molecule has 546 valence electrons. The molecule has 0 radical (unpaired) electrons. The highest BCUT2D eigenvalue weighted by atomic mass is 31.2. The van der Waals surface area contributed by atoms with E-state index in [0.717, 1.165) is 120 Å². The number of phosphoric acid groups is 2. The molecule has 0 heterocycles. The Balaban J connectivity index is 5.23. The quantitative estimate of drug-likeness (QED) is 0.0222. The lowest BCUT2D eigenvalue weighted by atomic mass is 9.99. The summed E-state index contributed by atoms with van der Waals surface area (Å²) in [6.07, 6.45) is 45.9. The number of carbonyl (C=O) groups is 4. The van der Waals surface area contributed by atoms with Crippen LogP contribution in [-0.2, 0) is 65.4 Å².